The van der Waals surface area contributed by atoms with Gasteiger partial charge in [0.05, 0.1) is 18.1 Å². The molecule has 2 aliphatic heterocycles. The molecule has 0 unspecified atom stereocenters. The van der Waals surface area contributed by atoms with E-state index in [0.29, 0.717) is 37.6 Å². The highest BCUT2D eigenvalue weighted by atomic mass is 19.1. The molecule has 0 N–H and O–H groups in total. The summed E-state index contributed by atoms with van der Waals surface area (Å²) in [7, 11) is 0. The molecule has 0 spiro atoms. The van der Waals surface area contributed by atoms with Crippen LogP contribution in [0, 0.1) is 24.1 Å². The van der Waals surface area contributed by atoms with Crippen molar-refractivity contribution in [1.29, 1.82) is 5.26 Å². The van der Waals surface area contributed by atoms with E-state index in [1.165, 1.54) is 17.1 Å². The first-order chi connectivity index (χ1) is 17.0. The smallest absolute Gasteiger partial charge is 0.227 e. The lowest BCUT2D eigenvalue weighted by atomic mass is 9.97. The number of nitrogens with zero attached hydrogens (tertiary/aromatic N) is 8. The number of tetrazole rings is 1. The van der Waals surface area contributed by atoms with Crippen LogP contribution < -0.4 is 0 Å². The number of amides is 1. The number of carbonyl (C=O) groups is 1. The minimum Gasteiger partial charge on any atom is -0.372 e. The van der Waals surface area contributed by atoms with Crippen LogP contribution >= 0.6 is 0 Å². The molecule has 5 rings (SSSR count). The third-order valence-corrected chi connectivity index (χ3v) is 6.79. The van der Waals surface area contributed by atoms with E-state index in [0.717, 1.165) is 24.1 Å². The molecule has 2 aromatic heterocycles. The van der Waals surface area contributed by atoms with Crippen molar-refractivity contribution < 1.29 is 13.9 Å². The zero-order valence-corrected chi connectivity index (χ0v) is 19.3. The Morgan fingerprint density at radius 1 is 1.26 bits per heavy atom. The van der Waals surface area contributed by atoms with Gasteiger partial charge in [0.15, 0.2) is 5.82 Å². The molecule has 4 heterocycles. The fourth-order valence-electron chi connectivity index (χ4n) is 4.82. The molecule has 11 heteroatoms. The minimum atomic E-state index is -0.507. The molecule has 1 amide bonds. The number of rotatable bonds is 4. The Labute approximate surface area is 201 Å². The Bertz CT molecular complexity index is 1240. The summed E-state index contributed by atoms with van der Waals surface area (Å²) in [6.45, 7) is 4.95. The number of piperazine rings is 1. The van der Waals surface area contributed by atoms with Crippen LogP contribution in [0.5, 0.6) is 0 Å². The summed E-state index contributed by atoms with van der Waals surface area (Å²) in [6.07, 6.45) is 3.98. The lowest BCUT2D eigenvalue weighted by Crippen LogP contribution is -2.55. The summed E-state index contributed by atoms with van der Waals surface area (Å²) >= 11 is 0. The Kier molecular flexibility index (Phi) is 6.48. The van der Waals surface area contributed by atoms with Crippen LogP contribution in [0.15, 0.2) is 36.8 Å². The molecule has 10 nitrogen and oxygen atoms in total. The fourth-order valence-corrected chi connectivity index (χ4v) is 4.82. The number of benzene rings is 1. The number of aromatic nitrogens is 5. The lowest BCUT2D eigenvalue weighted by Gasteiger charge is -2.41. The molecule has 0 aliphatic carbocycles. The number of hydrogen-bond donors (Lipinski definition) is 0. The molecule has 0 radical (unpaired) electrons. The number of pyridine rings is 1. The monoisotopic (exact) mass is 476 g/mol. The topological polar surface area (TPSA) is 113 Å². The van der Waals surface area contributed by atoms with Gasteiger partial charge in [-0.05, 0) is 52.6 Å². The number of carbonyl (C=O) groups excluding carboxylic acids is 1. The van der Waals surface area contributed by atoms with Gasteiger partial charge in [-0.15, -0.1) is 5.10 Å². The van der Waals surface area contributed by atoms with Gasteiger partial charge < -0.3 is 9.64 Å². The van der Waals surface area contributed by atoms with Crippen molar-refractivity contribution in [2.24, 2.45) is 0 Å². The molecule has 35 heavy (non-hydrogen) atoms. The van der Waals surface area contributed by atoms with E-state index in [2.05, 4.69) is 25.4 Å². The van der Waals surface area contributed by atoms with Gasteiger partial charge in [0, 0.05) is 45.0 Å². The van der Waals surface area contributed by atoms with Crippen molar-refractivity contribution in [2.75, 3.05) is 32.8 Å². The van der Waals surface area contributed by atoms with Crippen LogP contribution in [0.1, 0.15) is 34.8 Å². The molecule has 2 atom stereocenters. The van der Waals surface area contributed by atoms with E-state index in [-0.39, 0.29) is 30.0 Å². The van der Waals surface area contributed by atoms with Crippen molar-refractivity contribution in [3.8, 4) is 11.9 Å². The van der Waals surface area contributed by atoms with Crippen molar-refractivity contribution in [2.45, 2.75) is 31.9 Å². The predicted octanol–water partition coefficient (Wildman–Crippen LogP) is 1.59. The SMILES string of the molecule is Cc1c([C@H]2CN3CCN(C(=O)Cc4ccc(-n5cnnn5)nc4)C[C@H]3CCO2)ccc(F)c1C#N. The zero-order valence-electron chi connectivity index (χ0n) is 19.3. The second-order valence-corrected chi connectivity index (χ2v) is 8.84. The molecule has 180 valence electrons. The highest BCUT2D eigenvalue weighted by Gasteiger charge is 2.34. The molecular formula is C24H25FN8O2. The third-order valence-electron chi connectivity index (χ3n) is 6.79. The van der Waals surface area contributed by atoms with Crippen LogP contribution in [0.25, 0.3) is 5.82 Å². The number of halogens is 1. The van der Waals surface area contributed by atoms with E-state index in [4.69, 9.17) is 4.74 Å². The summed E-state index contributed by atoms with van der Waals surface area (Å²) in [6, 6.07) is 8.86. The highest BCUT2D eigenvalue weighted by molar-refractivity contribution is 5.78. The van der Waals surface area contributed by atoms with Crippen LogP contribution in [-0.4, -0.2) is 79.7 Å². The molecule has 2 fully saturated rings. The maximum absolute atomic E-state index is 14.0. The molecule has 0 bridgehead atoms. The summed E-state index contributed by atoms with van der Waals surface area (Å²) in [5.74, 6) is 0.148. The third kappa shape index (κ3) is 4.76. The Balaban J connectivity index is 1.22. The molecule has 2 aliphatic rings. The number of ether oxygens (including phenoxy) is 1. The van der Waals surface area contributed by atoms with Gasteiger partial charge in [-0.3, -0.25) is 9.69 Å². The molecule has 1 aromatic carbocycles. The average Bonchev–Trinajstić information content (AvgIpc) is 3.32. The van der Waals surface area contributed by atoms with Crippen molar-refractivity contribution in [3.05, 3.63) is 64.9 Å². The van der Waals surface area contributed by atoms with Crippen LogP contribution in [0.3, 0.4) is 0 Å². The van der Waals surface area contributed by atoms with E-state index in [1.54, 1.807) is 25.3 Å². The zero-order chi connectivity index (χ0) is 24.4. The van der Waals surface area contributed by atoms with Crippen LogP contribution in [0.2, 0.25) is 0 Å². The van der Waals surface area contributed by atoms with Crippen molar-refractivity contribution in [3.63, 3.8) is 0 Å². The summed E-state index contributed by atoms with van der Waals surface area (Å²) in [5, 5.41) is 20.3. The van der Waals surface area contributed by atoms with Crippen molar-refractivity contribution >= 4 is 5.91 Å². The van der Waals surface area contributed by atoms with Gasteiger partial charge in [-0.25, -0.2) is 9.37 Å². The van der Waals surface area contributed by atoms with Gasteiger partial charge >= 0.3 is 0 Å². The number of fused-ring (bicyclic) bond motifs is 1. The molecule has 3 aromatic rings. The normalized spacial score (nSPS) is 20.7. The maximum atomic E-state index is 14.0. The van der Waals surface area contributed by atoms with Gasteiger partial charge in [-0.1, -0.05) is 12.1 Å². The van der Waals surface area contributed by atoms with Gasteiger partial charge in [0.1, 0.15) is 18.2 Å². The first kappa shape index (κ1) is 23.0. The fraction of sp³-hybridized carbons (Fsp3) is 0.417. The van der Waals surface area contributed by atoms with Gasteiger partial charge in [0.2, 0.25) is 5.91 Å². The van der Waals surface area contributed by atoms with Crippen molar-refractivity contribution in [1.82, 2.24) is 35.0 Å². The standard InChI is InChI=1S/C24H25FN8O2/c1-16-19(3-4-21(25)20(16)11-26)22-14-31-7-8-32(13-18(31)6-9-35-22)24(34)10-17-2-5-23(27-12-17)33-15-28-29-30-33/h2-5,12,15,18,22H,6-10,13-14H2,1H3/t18-,22-/m1/s1. The predicted molar refractivity (Wildman–Crippen MR) is 122 cm³/mol. The molecule has 0 saturated carbocycles. The Morgan fingerprint density at radius 3 is 2.89 bits per heavy atom. The molecule has 2 saturated heterocycles. The Hall–Kier alpha value is -3.75. The summed E-state index contributed by atoms with van der Waals surface area (Å²) in [5.41, 5.74) is 2.38. The highest BCUT2D eigenvalue weighted by Crippen LogP contribution is 2.30. The van der Waals surface area contributed by atoms with Crippen LogP contribution in [-0.2, 0) is 16.0 Å². The maximum Gasteiger partial charge on any atom is 0.227 e. The van der Waals surface area contributed by atoms with Gasteiger partial charge in [-0.2, -0.15) is 9.94 Å². The van der Waals surface area contributed by atoms with E-state index in [1.807, 2.05) is 17.0 Å². The largest absolute Gasteiger partial charge is 0.372 e. The van der Waals surface area contributed by atoms with Crippen LogP contribution in [0.4, 0.5) is 4.39 Å². The average molecular weight is 477 g/mol. The van der Waals surface area contributed by atoms with E-state index in [9.17, 15) is 14.4 Å². The quantitative estimate of drug-likeness (QED) is 0.558. The first-order valence-electron chi connectivity index (χ1n) is 11.5. The summed E-state index contributed by atoms with van der Waals surface area (Å²) < 4.78 is 21.6. The lowest BCUT2D eigenvalue weighted by molar-refractivity contribution is -0.133. The number of hydrogen-bond acceptors (Lipinski definition) is 8. The molecular weight excluding hydrogens is 451 g/mol. The summed E-state index contributed by atoms with van der Waals surface area (Å²) in [4.78, 5) is 21.6. The second-order valence-electron chi connectivity index (χ2n) is 8.84. The Morgan fingerprint density at radius 2 is 2.14 bits per heavy atom. The van der Waals surface area contributed by atoms with Gasteiger partial charge in [0.25, 0.3) is 0 Å². The number of nitriles is 1. The van der Waals surface area contributed by atoms with E-state index >= 15 is 0 Å². The van der Waals surface area contributed by atoms with E-state index < -0.39 is 5.82 Å². The first-order valence-corrected chi connectivity index (χ1v) is 11.5. The minimum absolute atomic E-state index is 0.0661. The second kappa shape index (κ2) is 9.85.